The van der Waals surface area contributed by atoms with Crippen LogP contribution in [0.1, 0.15) is 11.8 Å². The highest BCUT2D eigenvalue weighted by Crippen LogP contribution is 2.33. The number of nitrogens with one attached hydrogen (secondary N) is 1. The molecule has 0 fully saturated rings. The summed E-state index contributed by atoms with van der Waals surface area (Å²) in [5, 5.41) is 8.08. The molecular formula is C13H15N5OS. The third-order valence-electron chi connectivity index (χ3n) is 2.85. The maximum atomic E-state index is 5.86. The van der Waals surface area contributed by atoms with Crippen molar-refractivity contribution in [1.29, 1.82) is 0 Å². The van der Waals surface area contributed by atoms with Crippen LogP contribution in [0.2, 0.25) is 0 Å². The zero-order chi connectivity index (χ0) is 14.1. The van der Waals surface area contributed by atoms with Crippen LogP contribution >= 0.6 is 11.3 Å². The van der Waals surface area contributed by atoms with Crippen molar-refractivity contribution < 1.29 is 4.74 Å². The van der Waals surface area contributed by atoms with Gasteiger partial charge in [-0.2, -0.15) is 10.1 Å². The van der Waals surface area contributed by atoms with E-state index in [1.54, 1.807) is 24.6 Å². The van der Waals surface area contributed by atoms with Crippen LogP contribution in [-0.4, -0.2) is 26.8 Å². The average Bonchev–Trinajstić information content (AvgIpc) is 3.04. The summed E-state index contributed by atoms with van der Waals surface area (Å²) in [7, 11) is 1.79. The summed E-state index contributed by atoms with van der Waals surface area (Å²) in [6, 6.07) is 2.04. The Labute approximate surface area is 120 Å². The molecule has 3 aromatic heterocycles. The van der Waals surface area contributed by atoms with Crippen molar-refractivity contribution in [2.45, 2.75) is 20.4 Å². The molecule has 104 valence electrons. The molecule has 0 amide bonds. The van der Waals surface area contributed by atoms with E-state index < -0.39 is 0 Å². The molecule has 3 heterocycles. The number of fused-ring (bicyclic) bond motifs is 1. The Balaban J connectivity index is 2.04. The number of nitrogens with zero attached hydrogens (tertiary/aromatic N) is 4. The van der Waals surface area contributed by atoms with Gasteiger partial charge in [-0.05, 0) is 19.9 Å². The van der Waals surface area contributed by atoms with E-state index in [-0.39, 0.29) is 0 Å². The van der Waals surface area contributed by atoms with Crippen LogP contribution in [0.4, 0.5) is 5.95 Å². The summed E-state index contributed by atoms with van der Waals surface area (Å²) in [6.45, 7) is 4.88. The maximum absolute atomic E-state index is 5.86. The van der Waals surface area contributed by atoms with E-state index in [0.717, 1.165) is 16.8 Å². The van der Waals surface area contributed by atoms with E-state index in [0.29, 0.717) is 17.6 Å². The molecular weight excluding hydrogens is 274 g/mol. The molecule has 0 aliphatic heterocycles. The van der Waals surface area contributed by atoms with Gasteiger partial charge in [0.05, 0.1) is 17.8 Å². The second-order valence-corrected chi connectivity index (χ2v) is 5.55. The van der Waals surface area contributed by atoms with E-state index in [4.69, 9.17) is 4.74 Å². The van der Waals surface area contributed by atoms with Crippen LogP contribution in [0.5, 0.6) is 11.6 Å². The first-order valence-corrected chi connectivity index (χ1v) is 7.17. The Morgan fingerprint density at radius 2 is 2.25 bits per heavy atom. The molecule has 0 saturated carbocycles. The normalized spacial score (nSPS) is 10.9. The second kappa shape index (κ2) is 5.09. The van der Waals surface area contributed by atoms with Gasteiger partial charge in [0.1, 0.15) is 4.83 Å². The fraction of sp³-hybridized carbons (Fsp3) is 0.308. The summed E-state index contributed by atoms with van der Waals surface area (Å²) in [6.07, 6.45) is 3.54. The smallest absolute Gasteiger partial charge is 0.233 e. The molecule has 3 aromatic rings. The number of aromatic nitrogens is 4. The quantitative estimate of drug-likeness (QED) is 0.799. The second-order valence-electron chi connectivity index (χ2n) is 4.31. The van der Waals surface area contributed by atoms with Gasteiger partial charge in [0.15, 0.2) is 5.75 Å². The van der Waals surface area contributed by atoms with Crippen LogP contribution in [-0.2, 0) is 6.54 Å². The number of aryl methyl sites for hydroxylation is 2. The van der Waals surface area contributed by atoms with Crippen LogP contribution in [0, 0.1) is 6.92 Å². The van der Waals surface area contributed by atoms with Gasteiger partial charge in [0.25, 0.3) is 0 Å². The third-order valence-corrected chi connectivity index (χ3v) is 3.80. The SMILES string of the molecule is CCn1cc(Oc2nc(NC)nc3sc(C)cc23)cn1. The maximum Gasteiger partial charge on any atom is 0.233 e. The molecule has 6 nitrogen and oxygen atoms in total. The zero-order valence-electron chi connectivity index (χ0n) is 11.5. The van der Waals surface area contributed by atoms with Gasteiger partial charge in [0.2, 0.25) is 11.8 Å². The predicted molar refractivity (Wildman–Crippen MR) is 79.7 cm³/mol. The first-order chi connectivity index (χ1) is 9.69. The molecule has 0 atom stereocenters. The molecule has 0 aromatic carbocycles. The molecule has 0 unspecified atom stereocenters. The number of hydrogen-bond donors (Lipinski definition) is 1. The topological polar surface area (TPSA) is 64.9 Å². The lowest BCUT2D eigenvalue weighted by molar-refractivity contribution is 0.468. The Morgan fingerprint density at radius 3 is 2.95 bits per heavy atom. The van der Waals surface area contributed by atoms with Crippen molar-refractivity contribution in [3.05, 3.63) is 23.3 Å². The van der Waals surface area contributed by atoms with Gasteiger partial charge in [-0.25, -0.2) is 4.98 Å². The van der Waals surface area contributed by atoms with E-state index >= 15 is 0 Å². The molecule has 7 heteroatoms. The molecule has 0 aliphatic rings. The molecule has 1 N–H and O–H groups in total. The number of ether oxygens (including phenoxy) is 1. The number of hydrogen-bond acceptors (Lipinski definition) is 6. The number of rotatable bonds is 4. The minimum absolute atomic E-state index is 0.553. The number of thiophene rings is 1. The fourth-order valence-electron chi connectivity index (χ4n) is 1.89. The van der Waals surface area contributed by atoms with Crippen molar-refractivity contribution >= 4 is 27.5 Å². The minimum atomic E-state index is 0.553. The van der Waals surface area contributed by atoms with Crippen molar-refractivity contribution in [3.8, 4) is 11.6 Å². The van der Waals surface area contributed by atoms with Crippen LogP contribution in [0.25, 0.3) is 10.2 Å². The zero-order valence-corrected chi connectivity index (χ0v) is 12.4. The fourth-order valence-corrected chi connectivity index (χ4v) is 2.76. The highest BCUT2D eigenvalue weighted by molar-refractivity contribution is 7.18. The lowest BCUT2D eigenvalue weighted by atomic mass is 10.3. The Morgan fingerprint density at radius 1 is 1.40 bits per heavy atom. The standard InChI is InChI=1S/C13H15N5OS/c1-4-18-7-9(6-15-18)19-11-10-5-8(2)20-12(10)17-13(14-3)16-11/h5-7H,4H2,1-3H3,(H,14,16,17). The van der Waals surface area contributed by atoms with Crippen LogP contribution in [0.15, 0.2) is 18.5 Å². The van der Waals surface area contributed by atoms with Gasteiger partial charge < -0.3 is 10.1 Å². The lowest BCUT2D eigenvalue weighted by Gasteiger charge is -2.05. The summed E-state index contributed by atoms with van der Waals surface area (Å²) in [4.78, 5) is 10.9. The summed E-state index contributed by atoms with van der Waals surface area (Å²) >= 11 is 1.62. The van der Waals surface area contributed by atoms with Gasteiger partial charge in [-0.15, -0.1) is 11.3 Å². The summed E-state index contributed by atoms with van der Waals surface area (Å²) in [5.41, 5.74) is 0. The first-order valence-electron chi connectivity index (χ1n) is 6.36. The van der Waals surface area contributed by atoms with E-state index in [9.17, 15) is 0 Å². The van der Waals surface area contributed by atoms with Gasteiger partial charge in [-0.1, -0.05) is 0 Å². The predicted octanol–water partition coefficient (Wildman–Crippen LogP) is 3.05. The van der Waals surface area contributed by atoms with Crippen LogP contribution < -0.4 is 10.1 Å². The number of anilines is 1. The molecule has 0 aliphatic carbocycles. The Hall–Kier alpha value is -2.15. The molecule has 20 heavy (non-hydrogen) atoms. The molecule has 0 bridgehead atoms. The minimum Gasteiger partial charge on any atom is -0.435 e. The van der Waals surface area contributed by atoms with Crippen molar-refractivity contribution in [2.75, 3.05) is 12.4 Å². The summed E-state index contributed by atoms with van der Waals surface area (Å²) < 4.78 is 7.67. The van der Waals surface area contributed by atoms with Crippen molar-refractivity contribution in [2.24, 2.45) is 0 Å². The van der Waals surface area contributed by atoms with Crippen molar-refractivity contribution in [1.82, 2.24) is 19.7 Å². The highest BCUT2D eigenvalue weighted by atomic mass is 32.1. The van der Waals surface area contributed by atoms with Gasteiger partial charge in [0, 0.05) is 18.5 Å². The van der Waals surface area contributed by atoms with Crippen molar-refractivity contribution in [3.63, 3.8) is 0 Å². The molecule has 3 rings (SSSR count). The van der Waals surface area contributed by atoms with Gasteiger partial charge in [-0.3, -0.25) is 4.68 Å². The first kappa shape index (κ1) is 12.9. The average molecular weight is 289 g/mol. The Bertz CT molecular complexity index is 748. The van der Waals surface area contributed by atoms with E-state index in [1.165, 1.54) is 4.88 Å². The van der Waals surface area contributed by atoms with Crippen LogP contribution in [0.3, 0.4) is 0 Å². The largest absolute Gasteiger partial charge is 0.435 e. The van der Waals surface area contributed by atoms with Gasteiger partial charge >= 0.3 is 0 Å². The monoisotopic (exact) mass is 289 g/mol. The molecule has 0 spiro atoms. The lowest BCUT2D eigenvalue weighted by Crippen LogP contribution is -1.98. The van der Waals surface area contributed by atoms with E-state index in [2.05, 4.69) is 20.4 Å². The third kappa shape index (κ3) is 2.32. The molecule has 0 radical (unpaired) electrons. The Kier molecular flexibility index (Phi) is 3.27. The molecule has 0 saturated heterocycles. The highest BCUT2D eigenvalue weighted by Gasteiger charge is 2.12. The van der Waals surface area contributed by atoms with E-state index in [1.807, 2.05) is 30.8 Å². The summed E-state index contributed by atoms with van der Waals surface area (Å²) in [5.74, 6) is 1.79.